The fraction of sp³-hybridized carbons (Fsp3) is 0.0833. The minimum Gasteiger partial charge on any atom is -0.258 e. The fourth-order valence-electron chi connectivity index (χ4n) is 4.91. The van der Waals surface area contributed by atoms with E-state index in [1.165, 1.54) is 0 Å². The van der Waals surface area contributed by atoms with E-state index in [-0.39, 0.29) is 72.4 Å². The van der Waals surface area contributed by atoms with Crippen LogP contribution in [0.1, 0.15) is 33.4 Å². The number of nitrogens with zero attached hydrogens (tertiary/aromatic N) is 8. The van der Waals surface area contributed by atoms with Gasteiger partial charge in [0.25, 0.3) is 0 Å². The molecule has 0 heterocycles. The second kappa shape index (κ2) is 6.95. The van der Waals surface area contributed by atoms with Crippen molar-refractivity contribution in [1.82, 2.24) is 0 Å². The Morgan fingerprint density at radius 1 is 0.485 bits per heavy atom. The van der Waals surface area contributed by atoms with Crippen LogP contribution < -0.4 is 0 Å². The first-order valence-electron chi connectivity index (χ1n) is 9.03. The lowest BCUT2D eigenvalue weighted by atomic mass is 9.71. The van der Waals surface area contributed by atoms with Crippen LogP contribution in [0.3, 0.4) is 0 Å². The number of rotatable bonds is 0. The van der Waals surface area contributed by atoms with Crippen molar-refractivity contribution in [2.75, 3.05) is 0 Å². The second-order valence-corrected chi connectivity index (χ2v) is 7.00. The van der Waals surface area contributed by atoms with E-state index in [1.807, 2.05) is 36.4 Å². The maximum absolute atomic E-state index is 9.93. The maximum Gasteiger partial charge on any atom is 0.102 e. The first kappa shape index (κ1) is 20.1. The van der Waals surface area contributed by atoms with E-state index >= 15 is 0 Å². The van der Waals surface area contributed by atoms with Crippen molar-refractivity contribution in [3.8, 4) is 48.6 Å². The summed E-state index contributed by atoms with van der Waals surface area (Å²) in [6.45, 7) is 0. The van der Waals surface area contributed by atoms with Crippen molar-refractivity contribution in [1.29, 1.82) is 47.5 Å². The summed E-state index contributed by atoms with van der Waals surface area (Å²) >= 11 is 0. The molecule has 0 bridgehead atoms. The van der Waals surface area contributed by atoms with E-state index in [2.05, 4.69) is 5.87 Å². The van der Waals surface area contributed by atoms with Crippen LogP contribution in [0.5, 0.6) is 0 Å². The average Bonchev–Trinajstić information content (AvgIpc) is 3.36. The minimum atomic E-state index is -1.01. The van der Waals surface area contributed by atoms with Crippen LogP contribution in [0.15, 0.2) is 27.9 Å². The number of fused-ring (bicyclic) bond motifs is 3. The molecule has 144 valence electrons. The summed E-state index contributed by atoms with van der Waals surface area (Å²) in [6.07, 6.45) is 0. The average molecular weight is 417 g/mol. The number of nitrogens with one attached hydrogen (secondary N) is 1. The number of nitriles is 8. The van der Waals surface area contributed by atoms with Crippen molar-refractivity contribution in [2.45, 2.75) is 0 Å². The van der Waals surface area contributed by atoms with Crippen LogP contribution >= 0.6 is 0 Å². The van der Waals surface area contributed by atoms with Crippen LogP contribution in [0.2, 0.25) is 0 Å². The molecule has 2 unspecified atom stereocenters. The summed E-state index contributed by atoms with van der Waals surface area (Å²) in [5.41, 5.74) is -1.59. The fourth-order valence-corrected chi connectivity index (χ4v) is 4.91. The van der Waals surface area contributed by atoms with Gasteiger partial charge >= 0.3 is 0 Å². The molecule has 4 rings (SSSR count). The van der Waals surface area contributed by atoms with Gasteiger partial charge in [-0.05, 0) is 17.0 Å². The highest BCUT2D eigenvalue weighted by molar-refractivity contribution is 6.10. The first-order valence-corrected chi connectivity index (χ1v) is 9.03. The Hall–Kier alpha value is -6.19. The Bertz CT molecular complexity index is 1750. The standard InChI is InChI=1S/C24H3N9/c25-1-10-11(2-26)15(6-30)21-20(14(10)5-29)22-16(7-31)12(3-27)13(4-28)19-17(8-32)18(9-33)23(21)24(19)22/h19,24,32H. The zero-order chi connectivity index (χ0) is 24.0. The van der Waals surface area contributed by atoms with Gasteiger partial charge in [0.2, 0.25) is 0 Å². The van der Waals surface area contributed by atoms with Gasteiger partial charge in [0.15, 0.2) is 0 Å². The summed E-state index contributed by atoms with van der Waals surface area (Å²) in [5.74, 6) is 0.219. The highest BCUT2D eigenvalue weighted by Gasteiger charge is 2.55. The van der Waals surface area contributed by atoms with E-state index < -0.39 is 11.8 Å². The molecule has 3 aliphatic rings. The molecule has 1 N–H and O–H groups in total. The monoisotopic (exact) mass is 417 g/mol. The molecule has 9 nitrogen and oxygen atoms in total. The molecule has 0 saturated carbocycles. The van der Waals surface area contributed by atoms with Crippen LogP contribution in [-0.2, 0) is 0 Å². The van der Waals surface area contributed by atoms with Gasteiger partial charge in [0.05, 0.1) is 50.6 Å². The number of benzene rings is 1. The van der Waals surface area contributed by atoms with Gasteiger partial charge < -0.3 is 0 Å². The zero-order valence-electron chi connectivity index (χ0n) is 16.2. The van der Waals surface area contributed by atoms with Crippen LogP contribution in [0.4, 0.5) is 0 Å². The molecule has 9 heteroatoms. The molecule has 0 aliphatic heterocycles. The lowest BCUT2D eigenvalue weighted by Crippen LogP contribution is -2.21. The molecule has 2 atom stereocenters. The van der Waals surface area contributed by atoms with Gasteiger partial charge in [0.1, 0.15) is 42.5 Å². The molecular formula is C24H3N9. The number of hydrogen-bond acceptors (Lipinski definition) is 9. The third-order valence-electron chi connectivity index (χ3n) is 5.98. The van der Waals surface area contributed by atoms with E-state index in [0.717, 1.165) is 0 Å². The zero-order valence-corrected chi connectivity index (χ0v) is 16.2. The van der Waals surface area contributed by atoms with Crippen LogP contribution in [0.25, 0.3) is 11.1 Å². The molecule has 0 saturated heterocycles. The number of hydrogen-bond donors (Lipinski definition) is 1. The molecule has 3 aliphatic carbocycles. The van der Waals surface area contributed by atoms with Crippen molar-refractivity contribution in [3.05, 3.63) is 61.2 Å². The predicted octanol–water partition coefficient (Wildman–Crippen LogP) is 2.52. The topological polar surface area (TPSA) is 214 Å². The van der Waals surface area contributed by atoms with Crippen molar-refractivity contribution in [2.24, 2.45) is 11.8 Å². The lowest BCUT2D eigenvalue weighted by Gasteiger charge is -2.26. The molecule has 0 aromatic heterocycles. The highest BCUT2D eigenvalue weighted by atomic mass is 14.6. The third kappa shape index (κ3) is 2.08. The largest absolute Gasteiger partial charge is 0.258 e. The van der Waals surface area contributed by atoms with E-state index in [9.17, 15) is 42.1 Å². The molecule has 0 radical (unpaired) electrons. The van der Waals surface area contributed by atoms with Crippen molar-refractivity contribution >= 4 is 17.0 Å². The highest BCUT2D eigenvalue weighted by Crippen LogP contribution is 2.64. The van der Waals surface area contributed by atoms with Crippen LogP contribution in [0, 0.1) is 108 Å². The van der Waals surface area contributed by atoms with Gasteiger partial charge in [0, 0.05) is 28.5 Å². The summed E-state index contributed by atoms with van der Waals surface area (Å²) < 4.78 is 0. The van der Waals surface area contributed by atoms with Gasteiger partial charge in [-0.3, -0.25) is 5.41 Å². The molecular weight excluding hydrogens is 414 g/mol. The second-order valence-electron chi connectivity index (χ2n) is 7.00. The van der Waals surface area contributed by atoms with E-state index in [0.29, 0.717) is 0 Å². The molecule has 1 aromatic carbocycles. The van der Waals surface area contributed by atoms with Gasteiger partial charge in [-0.1, -0.05) is 0 Å². The summed E-state index contributed by atoms with van der Waals surface area (Å²) in [6, 6.07) is 14.9. The Kier molecular flexibility index (Phi) is 4.23. The summed E-state index contributed by atoms with van der Waals surface area (Å²) in [5, 5.41) is 86.3. The normalized spacial score (nSPS) is 18.8. The molecule has 0 fully saturated rings. The molecule has 0 amide bonds. The lowest BCUT2D eigenvalue weighted by molar-refractivity contribution is 0.685. The Balaban J connectivity index is 2.46. The predicted molar refractivity (Wildman–Crippen MR) is 107 cm³/mol. The van der Waals surface area contributed by atoms with Gasteiger partial charge in [-0.15, -0.1) is 0 Å². The van der Waals surface area contributed by atoms with Crippen molar-refractivity contribution < 1.29 is 0 Å². The minimum absolute atomic E-state index is 0.00667. The third-order valence-corrected chi connectivity index (χ3v) is 5.98. The number of allylic oxidation sites excluding steroid dienone is 7. The molecule has 1 aromatic rings. The van der Waals surface area contributed by atoms with Gasteiger partial charge in [-0.25, -0.2) is 0 Å². The first-order chi connectivity index (χ1) is 16.0. The molecule has 33 heavy (non-hydrogen) atoms. The van der Waals surface area contributed by atoms with Crippen LogP contribution in [-0.4, -0.2) is 5.87 Å². The Morgan fingerprint density at radius 3 is 1.30 bits per heavy atom. The van der Waals surface area contributed by atoms with E-state index in [1.54, 1.807) is 12.1 Å². The Morgan fingerprint density at radius 2 is 0.939 bits per heavy atom. The summed E-state index contributed by atoms with van der Waals surface area (Å²) in [4.78, 5) is 0. The molecule has 0 spiro atoms. The maximum atomic E-state index is 9.93. The SMILES string of the molecule is N#CC1=C(C#N)C2C(=C=N)C(C#N)=C3c4c(C#N)c(C#N)c(C#N)c(C#N)c4C(=C1C#N)C32. The smallest absolute Gasteiger partial charge is 0.102 e. The Labute approximate surface area is 186 Å². The van der Waals surface area contributed by atoms with E-state index in [4.69, 9.17) is 5.41 Å². The van der Waals surface area contributed by atoms with Crippen molar-refractivity contribution in [3.63, 3.8) is 0 Å². The quantitative estimate of drug-likeness (QED) is 0.617. The summed E-state index contributed by atoms with van der Waals surface area (Å²) in [7, 11) is 0. The van der Waals surface area contributed by atoms with Gasteiger partial charge in [-0.2, -0.15) is 42.1 Å².